The molecule has 4 heterocycles. The van der Waals surface area contributed by atoms with Gasteiger partial charge in [0.15, 0.2) is 0 Å². The van der Waals surface area contributed by atoms with Gasteiger partial charge in [-0.25, -0.2) is 0 Å². The summed E-state index contributed by atoms with van der Waals surface area (Å²) in [7, 11) is 0. The Kier molecular flexibility index (Phi) is 7.43. The van der Waals surface area contributed by atoms with Crippen molar-refractivity contribution in [1.29, 1.82) is 0 Å². The normalized spacial score (nSPS) is 16.0. The lowest BCUT2D eigenvalue weighted by molar-refractivity contribution is 0.332. The summed E-state index contributed by atoms with van der Waals surface area (Å²) >= 11 is 2.03. The number of anilines is 3. The fourth-order valence-electron chi connectivity index (χ4n) is 10.9. The van der Waals surface area contributed by atoms with Crippen LogP contribution < -0.4 is 20.6 Å². The van der Waals surface area contributed by atoms with Crippen molar-refractivity contribution in [2.24, 2.45) is 0 Å². The summed E-state index contributed by atoms with van der Waals surface area (Å²) in [5.74, 6) is 0. The smallest absolute Gasteiger partial charge is 0.260 e. The Balaban J connectivity index is 1.18. The quantitative estimate of drug-likeness (QED) is 0.166. The van der Waals surface area contributed by atoms with Gasteiger partial charge in [0.25, 0.3) is 6.71 Å². The molecule has 0 N–H and O–H groups in total. The maximum atomic E-state index is 6.34. The van der Waals surface area contributed by atoms with Gasteiger partial charge in [-0.3, -0.25) is 0 Å². The first-order valence-corrected chi connectivity index (χ1v) is 22.5. The second-order valence-electron chi connectivity index (χ2n) is 19.9. The summed E-state index contributed by atoms with van der Waals surface area (Å²) in [5, 5.41) is 3.72. The molecule has 0 saturated heterocycles. The van der Waals surface area contributed by atoms with E-state index in [0.29, 0.717) is 0 Å². The van der Waals surface area contributed by atoms with Crippen LogP contribution in [-0.2, 0) is 16.2 Å². The summed E-state index contributed by atoms with van der Waals surface area (Å²) in [6, 6.07) is 52.8. The molecular weight excluding hydrogens is 746 g/mol. The lowest BCUT2D eigenvalue weighted by Gasteiger charge is -2.42. The molecule has 4 heteroatoms. The largest absolute Gasteiger partial charge is 0.456 e. The molecule has 12 rings (SSSR count). The van der Waals surface area contributed by atoms with E-state index in [1.807, 2.05) is 11.3 Å². The molecule has 0 saturated carbocycles. The third-order valence-electron chi connectivity index (χ3n) is 14.3. The first kappa shape index (κ1) is 36.1. The Labute approximate surface area is 357 Å². The van der Waals surface area contributed by atoms with E-state index in [1.54, 1.807) is 0 Å². The van der Waals surface area contributed by atoms with Gasteiger partial charge >= 0.3 is 0 Å². The Morgan fingerprint density at radius 3 is 2.08 bits per heavy atom. The van der Waals surface area contributed by atoms with Crippen LogP contribution in [0, 0.1) is 0 Å². The van der Waals surface area contributed by atoms with Crippen molar-refractivity contribution < 1.29 is 4.42 Å². The van der Waals surface area contributed by atoms with E-state index in [2.05, 4.69) is 193 Å². The fraction of sp³-hybridized carbons (Fsp3) is 0.214. The standard InChI is InChI=1S/C56H48BNOS/c1-54(2,3)36-22-23-45(38(30-36)33-15-9-8-10-16-33)58-46-19-13-12-18-44(46)57-52-41(51-40-31-42-43(32-50(40)60-53(51)57)56(6,7)26-25-55(42,4)5)28-35(29-47(52)58)34-21-24-49-39(27-34)37-17-11-14-20-48(37)59-49/h8-24,27-32H,25-26H2,1-7H3. The van der Waals surface area contributed by atoms with Gasteiger partial charge in [-0.05, 0) is 150 Å². The number of benzene rings is 7. The maximum absolute atomic E-state index is 6.34. The Hall–Kier alpha value is -5.84. The van der Waals surface area contributed by atoms with Gasteiger partial charge in [-0.2, -0.15) is 0 Å². The lowest BCUT2D eigenvalue weighted by atomic mass is 9.39. The average Bonchev–Trinajstić information content (AvgIpc) is 3.91. The predicted octanol–water partition coefficient (Wildman–Crippen LogP) is 14.1. The van der Waals surface area contributed by atoms with Crippen LogP contribution >= 0.6 is 11.3 Å². The molecule has 0 unspecified atom stereocenters. The van der Waals surface area contributed by atoms with E-state index < -0.39 is 0 Å². The fourth-order valence-corrected chi connectivity index (χ4v) is 12.2. The molecule has 2 aromatic heterocycles. The third kappa shape index (κ3) is 5.13. The molecule has 60 heavy (non-hydrogen) atoms. The molecule has 0 atom stereocenters. The lowest BCUT2D eigenvalue weighted by Crippen LogP contribution is -2.54. The van der Waals surface area contributed by atoms with Crippen LogP contribution in [0.15, 0.2) is 144 Å². The van der Waals surface area contributed by atoms with E-state index >= 15 is 0 Å². The van der Waals surface area contributed by atoms with E-state index in [-0.39, 0.29) is 23.0 Å². The molecule has 2 aliphatic heterocycles. The number of fused-ring (bicyclic) bond motifs is 11. The second kappa shape index (κ2) is 12.4. The number of hydrogen-bond acceptors (Lipinski definition) is 3. The van der Waals surface area contributed by atoms with Crippen molar-refractivity contribution >= 4 is 82.8 Å². The maximum Gasteiger partial charge on any atom is 0.260 e. The summed E-state index contributed by atoms with van der Waals surface area (Å²) < 4.78 is 9.23. The van der Waals surface area contributed by atoms with Crippen molar-refractivity contribution in [3.8, 4) is 33.4 Å². The Bertz CT molecular complexity index is 3270. The summed E-state index contributed by atoms with van der Waals surface area (Å²) in [5.41, 5.74) is 20.7. The highest BCUT2D eigenvalue weighted by Crippen LogP contribution is 2.52. The monoisotopic (exact) mass is 793 g/mol. The van der Waals surface area contributed by atoms with Gasteiger partial charge in [0.05, 0.1) is 5.69 Å². The van der Waals surface area contributed by atoms with Crippen molar-refractivity contribution in [2.75, 3.05) is 4.90 Å². The molecule has 292 valence electrons. The van der Waals surface area contributed by atoms with Crippen LogP contribution in [0.4, 0.5) is 17.1 Å². The van der Waals surface area contributed by atoms with Crippen LogP contribution in [0.3, 0.4) is 0 Å². The number of furan rings is 1. The van der Waals surface area contributed by atoms with Gasteiger partial charge in [0.1, 0.15) is 11.2 Å². The highest BCUT2D eigenvalue weighted by Gasteiger charge is 2.46. The first-order chi connectivity index (χ1) is 28.9. The molecule has 0 amide bonds. The Morgan fingerprint density at radius 2 is 1.28 bits per heavy atom. The topological polar surface area (TPSA) is 16.4 Å². The molecule has 0 fully saturated rings. The van der Waals surface area contributed by atoms with Crippen molar-refractivity contribution in [3.63, 3.8) is 0 Å². The van der Waals surface area contributed by atoms with Gasteiger partial charge < -0.3 is 9.32 Å². The van der Waals surface area contributed by atoms with Gasteiger partial charge in [0, 0.05) is 37.8 Å². The zero-order valence-electron chi connectivity index (χ0n) is 35.5. The van der Waals surface area contributed by atoms with Crippen LogP contribution in [0.2, 0.25) is 0 Å². The van der Waals surface area contributed by atoms with Gasteiger partial charge in [-0.1, -0.05) is 127 Å². The average molecular weight is 794 g/mol. The SMILES string of the molecule is CC(C)(C)c1ccc(N2c3ccccc3B3c4sc5cc6c(cc5c4-c4cc(-c5ccc7oc8ccccc8c7c5)cc2c43)C(C)(C)CCC6(C)C)c(-c2ccccc2)c1. The van der Waals surface area contributed by atoms with Crippen LogP contribution in [0.1, 0.15) is 78.0 Å². The molecule has 3 aliphatic rings. The summed E-state index contributed by atoms with van der Waals surface area (Å²) in [4.78, 5) is 2.60. The van der Waals surface area contributed by atoms with E-state index in [0.717, 1.165) is 21.9 Å². The molecule has 7 aromatic carbocycles. The van der Waals surface area contributed by atoms with E-state index in [1.165, 1.54) is 106 Å². The number of hydrogen-bond donors (Lipinski definition) is 0. The minimum atomic E-state index is 0.00232. The number of rotatable bonds is 3. The van der Waals surface area contributed by atoms with Crippen LogP contribution in [0.25, 0.3) is 65.4 Å². The molecule has 1 aliphatic carbocycles. The van der Waals surface area contributed by atoms with E-state index in [9.17, 15) is 0 Å². The minimum Gasteiger partial charge on any atom is -0.456 e. The predicted molar refractivity (Wildman–Crippen MR) is 259 cm³/mol. The zero-order valence-corrected chi connectivity index (χ0v) is 36.4. The van der Waals surface area contributed by atoms with Crippen LogP contribution in [-0.4, -0.2) is 6.71 Å². The van der Waals surface area contributed by atoms with Crippen LogP contribution in [0.5, 0.6) is 0 Å². The molecule has 0 spiro atoms. The highest BCUT2D eigenvalue weighted by molar-refractivity contribution is 7.34. The molecule has 0 bridgehead atoms. The van der Waals surface area contributed by atoms with Gasteiger partial charge in [0.2, 0.25) is 0 Å². The number of para-hydroxylation sites is 2. The summed E-state index contributed by atoms with van der Waals surface area (Å²) in [6.45, 7) is 16.9. The first-order valence-electron chi connectivity index (χ1n) is 21.7. The molecule has 0 radical (unpaired) electrons. The molecule has 2 nitrogen and oxygen atoms in total. The molecular formula is C56H48BNOS. The highest BCUT2D eigenvalue weighted by atomic mass is 32.1. The number of thiophene rings is 1. The van der Waals surface area contributed by atoms with Crippen molar-refractivity contribution in [1.82, 2.24) is 0 Å². The van der Waals surface area contributed by atoms with E-state index in [4.69, 9.17) is 4.42 Å². The van der Waals surface area contributed by atoms with Crippen molar-refractivity contribution in [3.05, 3.63) is 156 Å². The third-order valence-corrected chi connectivity index (χ3v) is 15.5. The number of nitrogens with zero attached hydrogens (tertiary/aromatic N) is 1. The van der Waals surface area contributed by atoms with Crippen molar-refractivity contribution in [2.45, 2.75) is 77.6 Å². The summed E-state index contributed by atoms with van der Waals surface area (Å²) in [6.07, 6.45) is 2.41. The molecule has 9 aromatic rings. The van der Waals surface area contributed by atoms with Gasteiger partial charge in [-0.15, -0.1) is 11.3 Å². The Morgan fingerprint density at radius 1 is 0.567 bits per heavy atom. The zero-order chi connectivity index (χ0) is 40.9. The minimum absolute atomic E-state index is 0.00232. The second-order valence-corrected chi connectivity index (χ2v) is 21.0.